The summed E-state index contributed by atoms with van der Waals surface area (Å²) in [5.41, 5.74) is -0.405. The lowest BCUT2D eigenvalue weighted by Crippen LogP contribution is -2.56. The monoisotopic (exact) mass is 965 g/mol. The molecule has 70 heavy (non-hydrogen) atoms. The van der Waals surface area contributed by atoms with Gasteiger partial charge in [-0.05, 0) is 48.1 Å². The van der Waals surface area contributed by atoms with Crippen LogP contribution in [-0.2, 0) is 44.5 Å². The SMILES string of the molecule is C=C1C(=O)c2c(O)c3c(c(O)c2C(=O)C/C=C\C=C/1OC)C[C@@](O)(C(=O)COC(=O)CCCCCCCCC(=O)O)C[C@@H]3O[C@H]1C[C@H](NC(=O)OCC2c3ccccc3-c3ccccc32)[C@H](O)[C@H](C)O1. The molecule has 4 aliphatic rings. The summed E-state index contributed by atoms with van der Waals surface area (Å²) in [5, 5.41) is 59.2. The van der Waals surface area contributed by atoms with Gasteiger partial charge in [-0.2, -0.15) is 0 Å². The van der Waals surface area contributed by atoms with Gasteiger partial charge in [0.25, 0.3) is 0 Å². The lowest BCUT2D eigenvalue weighted by atomic mass is 9.73. The molecule has 1 amide bonds. The van der Waals surface area contributed by atoms with Crippen molar-refractivity contribution in [1.29, 1.82) is 0 Å². The molecule has 372 valence electrons. The molecule has 0 radical (unpaired) electrons. The maximum atomic E-state index is 14.2. The number of ketones is 3. The number of amides is 1. The number of allylic oxidation sites excluding steroid dienone is 4. The van der Waals surface area contributed by atoms with Gasteiger partial charge in [-0.25, -0.2) is 4.79 Å². The molecule has 1 fully saturated rings. The van der Waals surface area contributed by atoms with Crippen molar-refractivity contribution in [2.24, 2.45) is 0 Å². The highest BCUT2D eigenvalue weighted by Crippen LogP contribution is 2.51. The van der Waals surface area contributed by atoms with Crippen molar-refractivity contribution in [2.75, 3.05) is 20.3 Å². The van der Waals surface area contributed by atoms with Gasteiger partial charge in [0.1, 0.15) is 35.6 Å². The van der Waals surface area contributed by atoms with E-state index in [1.54, 1.807) is 0 Å². The number of aliphatic hydroxyl groups excluding tert-OH is 1. The highest BCUT2D eigenvalue weighted by molar-refractivity contribution is 6.20. The fourth-order valence-corrected chi connectivity index (χ4v) is 9.76. The number of aliphatic hydroxyl groups is 2. The summed E-state index contributed by atoms with van der Waals surface area (Å²) < 4.78 is 28.9. The summed E-state index contributed by atoms with van der Waals surface area (Å²) in [4.78, 5) is 78.9. The Balaban J connectivity index is 1.12. The van der Waals surface area contributed by atoms with E-state index >= 15 is 0 Å². The van der Waals surface area contributed by atoms with E-state index in [4.69, 9.17) is 28.8 Å². The summed E-state index contributed by atoms with van der Waals surface area (Å²) in [7, 11) is 1.30. The number of esters is 1. The second-order valence-electron chi connectivity index (χ2n) is 18.1. The van der Waals surface area contributed by atoms with Crippen molar-refractivity contribution in [3.05, 3.63) is 118 Å². The third kappa shape index (κ3) is 11.2. The van der Waals surface area contributed by atoms with E-state index in [-0.39, 0.29) is 60.7 Å². The third-order valence-corrected chi connectivity index (χ3v) is 13.5. The van der Waals surface area contributed by atoms with Gasteiger partial charge in [0, 0.05) is 55.6 Å². The van der Waals surface area contributed by atoms with Crippen LogP contribution in [0.25, 0.3) is 11.1 Å². The van der Waals surface area contributed by atoms with Gasteiger partial charge in [0.2, 0.25) is 11.6 Å². The lowest BCUT2D eigenvalue weighted by molar-refractivity contribution is -0.249. The van der Waals surface area contributed by atoms with Crippen molar-refractivity contribution in [1.82, 2.24) is 5.32 Å². The number of benzene rings is 3. The van der Waals surface area contributed by atoms with Gasteiger partial charge in [-0.1, -0.05) is 92.9 Å². The molecule has 3 aromatic rings. The van der Waals surface area contributed by atoms with E-state index in [9.17, 15) is 49.2 Å². The highest BCUT2D eigenvalue weighted by atomic mass is 16.7. The van der Waals surface area contributed by atoms with E-state index in [2.05, 4.69) is 11.9 Å². The molecule has 1 heterocycles. The Morgan fingerprint density at radius 2 is 1.53 bits per heavy atom. The van der Waals surface area contributed by atoms with Crippen molar-refractivity contribution in [3.8, 4) is 22.6 Å². The molecule has 0 spiro atoms. The van der Waals surface area contributed by atoms with Crippen LogP contribution in [0.2, 0.25) is 0 Å². The smallest absolute Gasteiger partial charge is 0.407 e. The predicted molar refractivity (Wildman–Crippen MR) is 251 cm³/mol. The number of hydrogen-bond donors (Lipinski definition) is 6. The maximum Gasteiger partial charge on any atom is 0.407 e. The van der Waals surface area contributed by atoms with E-state index in [0.29, 0.717) is 19.3 Å². The number of aliphatic carboxylic acids is 1. The summed E-state index contributed by atoms with van der Waals surface area (Å²) in [5.74, 6) is -6.16. The first-order chi connectivity index (χ1) is 33.5. The van der Waals surface area contributed by atoms with Crippen LogP contribution in [0.5, 0.6) is 11.5 Å². The Morgan fingerprint density at radius 3 is 2.19 bits per heavy atom. The number of unbranched alkanes of at least 4 members (excludes halogenated alkanes) is 5. The van der Waals surface area contributed by atoms with Crippen molar-refractivity contribution in [2.45, 2.75) is 126 Å². The highest BCUT2D eigenvalue weighted by Gasteiger charge is 2.50. The fraction of sp³-hybridized carbons (Fsp3) is 0.434. The molecule has 3 aliphatic carbocycles. The van der Waals surface area contributed by atoms with Gasteiger partial charge in [0.05, 0.1) is 42.1 Å². The summed E-state index contributed by atoms with van der Waals surface area (Å²) in [6.45, 7) is 4.46. The number of methoxy groups -OCH3 is 1. The van der Waals surface area contributed by atoms with E-state index in [1.807, 2.05) is 48.5 Å². The Bertz CT molecular complexity index is 2550. The molecule has 0 bridgehead atoms. The molecule has 17 nitrogen and oxygen atoms in total. The van der Waals surface area contributed by atoms with E-state index < -0.39 is 114 Å². The first-order valence-corrected chi connectivity index (χ1v) is 23.5. The molecular formula is C53H59NO16. The van der Waals surface area contributed by atoms with Gasteiger partial charge in [-0.15, -0.1) is 0 Å². The van der Waals surface area contributed by atoms with Gasteiger partial charge in [-0.3, -0.25) is 24.0 Å². The number of alkyl carbamates (subject to hydrolysis) is 1. The zero-order valence-electron chi connectivity index (χ0n) is 39.1. The quantitative estimate of drug-likeness (QED) is 0.0326. The van der Waals surface area contributed by atoms with Crippen molar-refractivity contribution < 1.29 is 78.0 Å². The molecule has 3 aromatic carbocycles. The van der Waals surface area contributed by atoms with Crippen molar-refractivity contribution in [3.63, 3.8) is 0 Å². The van der Waals surface area contributed by atoms with Crippen LogP contribution in [0.4, 0.5) is 4.79 Å². The van der Waals surface area contributed by atoms with Crippen LogP contribution in [0, 0.1) is 0 Å². The lowest BCUT2D eigenvalue weighted by Gasteiger charge is -2.42. The van der Waals surface area contributed by atoms with Crippen LogP contribution < -0.4 is 5.32 Å². The number of fused-ring (bicyclic) bond motifs is 5. The number of nitrogens with one attached hydrogen (secondary N) is 1. The number of carbonyl (C=O) groups is 6. The normalized spacial score (nSPS) is 24.2. The number of phenolic OH excluding ortho intramolecular Hbond substituents is 2. The molecule has 0 unspecified atom stereocenters. The predicted octanol–water partition coefficient (Wildman–Crippen LogP) is 6.97. The molecule has 6 N–H and O–H groups in total. The number of Topliss-reactive ketones (excluding diaryl/α,β-unsaturated/α-hetero) is 3. The molecule has 1 aliphatic heterocycles. The molecule has 0 saturated carbocycles. The van der Waals surface area contributed by atoms with Gasteiger partial charge >= 0.3 is 18.0 Å². The number of ether oxygens (including phenoxy) is 5. The number of rotatable bonds is 18. The minimum Gasteiger partial charge on any atom is -0.507 e. The van der Waals surface area contributed by atoms with Crippen LogP contribution in [0.1, 0.15) is 133 Å². The number of carboxylic acids is 1. The standard InChI is InChI=1S/C53H59NO16/c1-29-39(66-3)21-15-14-20-38(55)46-47(48(29)60)51(63)45-35(50(46)62)25-53(65,41(56)28-67-43(59)23-9-7-5-4-6-8-22-42(57)58)26-40(45)70-44-24-37(49(61)30(2)69-44)54-52(64)68-27-36-33-18-12-10-16-31(33)32-17-11-13-19-34(32)36/h10-19,21,30,36-37,40,44,49,61-63,65H,1,4-9,20,22-28H2,2-3H3,(H,54,64)(H,57,58)/b15-14-,39-21+/t30-,37-,40-,44-,49+,53-/m0/s1. The van der Waals surface area contributed by atoms with Gasteiger partial charge in [0.15, 0.2) is 18.7 Å². The van der Waals surface area contributed by atoms with Gasteiger partial charge < -0.3 is 54.5 Å². The second kappa shape index (κ2) is 22.4. The summed E-state index contributed by atoms with van der Waals surface area (Å²) >= 11 is 0. The van der Waals surface area contributed by atoms with Crippen molar-refractivity contribution >= 4 is 35.4 Å². The zero-order chi connectivity index (χ0) is 50.3. The first-order valence-electron chi connectivity index (χ1n) is 23.5. The Kier molecular flexibility index (Phi) is 16.4. The summed E-state index contributed by atoms with van der Waals surface area (Å²) in [6, 6.07) is 14.6. The molecule has 0 aromatic heterocycles. The average molecular weight is 966 g/mol. The number of carboxylic acid groups (broad SMARTS) is 1. The average Bonchev–Trinajstić information content (AvgIpc) is 3.65. The van der Waals surface area contributed by atoms with Crippen LogP contribution in [0.3, 0.4) is 0 Å². The molecule has 17 heteroatoms. The molecule has 6 atom stereocenters. The largest absolute Gasteiger partial charge is 0.507 e. The van der Waals surface area contributed by atoms with Crippen LogP contribution >= 0.6 is 0 Å². The Labute approximate surface area is 404 Å². The Hall–Kier alpha value is -6.66. The topological polar surface area (TPSA) is 262 Å². The van der Waals surface area contributed by atoms with E-state index in [1.165, 1.54) is 32.3 Å². The molecule has 1 saturated heterocycles. The summed E-state index contributed by atoms with van der Waals surface area (Å²) in [6.07, 6.45) is 0.423. The van der Waals surface area contributed by atoms with E-state index in [0.717, 1.165) is 41.5 Å². The first kappa shape index (κ1) is 51.2. The second-order valence-corrected chi connectivity index (χ2v) is 18.1. The third-order valence-electron chi connectivity index (χ3n) is 13.5. The zero-order valence-corrected chi connectivity index (χ0v) is 39.1. The Morgan fingerprint density at radius 1 is 0.886 bits per heavy atom. The minimum atomic E-state index is -2.46. The fourth-order valence-electron chi connectivity index (χ4n) is 9.76. The number of phenols is 2. The molecular weight excluding hydrogens is 907 g/mol. The minimum absolute atomic E-state index is 0.00607. The number of carbonyl (C=O) groups excluding carboxylic acids is 5. The van der Waals surface area contributed by atoms with Crippen LogP contribution in [0.15, 0.2) is 84.7 Å². The molecule has 7 rings (SSSR count). The number of aromatic hydroxyl groups is 2. The number of hydrogen-bond acceptors (Lipinski definition) is 15. The van der Waals surface area contributed by atoms with Crippen LogP contribution in [-0.4, -0.2) is 111 Å². The maximum absolute atomic E-state index is 14.2.